The molecule has 1 fully saturated rings. The van der Waals surface area contributed by atoms with Crippen LogP contribution in [0.5, 0.6) is 0 Å². The van der Waals surface area contributed by atoms with Gasteiger partial charge in [0, 0.05) is 26.2 Å². The fourth-order valence-corrected chi connectivity index (χ4v) is 2.12. The number of hydrogen-bond donors (Lipinski definition) is 2. The Hall–Kier alpha value is -1.63. The van der Waals surface area contributed by atoms with Gasteiger partial charge in [0.05, 0.1) is 11.9 Å². The van der Waals surface area contributed by atoms with Gasteiger partial charge in [-0.05, 0) is 39.5 Å². The molecule has 0 aliphatic heterocycles. The number of hydrogen-bond acceptors (Lipinski definition) is 5. The maximum absolute atomic E-state index is 11.9. The number of rotatable bonds is 6. The number of nitrogens with zero attached hydrogens (tertiary/aromatic N) is 3. The maximum atomic E-state index is 11.9. The monoisotopic (exact) mass is 295 g/mol. The van der Waals surface area contributed by atoms with Crippen LogP contribution in [-0.2, 0) is 18.3 Å². The van der Waals surface area contributed by atoms with Crippen LogP contribution in [0.15, 0.2) is 6.20 Å². The summed E-state index contributed by atoms with van der Waals surface area (Å²) in [6, 6.07) is 0.112. The zero-order valence-electron chi connectivity index (χ0n) is 13.2. The number of ether oxygens (including phenoxy) is 1. The molecule has 0 radical (unpaired) electrons. The molecule has 1 aromatic rings. The van der Waals surface area contributed by atoms with Crippen LogP contribution in [0, 0.1) is 5.92 Å². The van der Waals surface area contributed by atoms with Crippen LogP contribution in [0.1, 0.15) is 39.3 Å². The molecule has 1 aliphatic carbocycles. The molecule has 7 nitrogen and oxygen atoms in total. The van der Waals surface area contributed by atoms with Crippen LogP contribution in [0.25, 0.3) is 0 Å². The summed E-state index contributed by atoms with van der Waals surface area (Å²) in [7, 11) is 1.86. The summed E-state index contributed by atoms with van der Waals surface area (Å²) in [6.07, 6.45) is 3.72. The lowest BCUT2D eigenvalue weighted by Crippen LogP contribution is -2.45. The van der Waals surface area contributed by atoms with Crippen molar-refractivity contribution in [3.05, 3.63) is 11.9 Å². The predicted octanol–water partition coefficient (Wildman–Crippen LogP) is 1.21. The Morgan fingerprint density at radius 2 is 2.24 bits per heavy atom. The number of carbonyl (C=O) groups excluding carboxylic acids is 1. The van der Waals surface area contributed by atoms with Gasteiger partial charge in [-0.15, -0.1) is 5.10 Å². The van der Waals surface area contributed by atoms with Crippen molar-refractivity contribution >= 4 is 6.09 Å². The zero-order valence-corrected chi connectivity index (χ0v) is 13.2. The van der Waals surface area contributed by atoms with E-state index in [2.05, 4.69) is 20.9 Å². The molecule has 2 N–H and O–H groups in total. The molecular formula is C14H25N5O2. The van der Waals surface area contributed by atoms with Crippen molar-refractivity contribution in [1.29, 1.82) is 0 Å². The lowest BCUT2D eigenvalue weighted by Gasteiger charge is -2.24. The summed E-state index contributed by atoms with van der Waals surface area (Å²) in [5.41, 5.74) is 0.549. The Balaban J connectivity index is 1.77. The van der Waals surface area contributed by atoms with Gasteiger partial charge in [0.25, 0.3) is 0 Å². The third-order valence-corrected chi connectivity index (χ3v) is 3.37. The van der Waals surface area contributed by atoms with Gasteiger partial charge >= 0.3 is 6.09 Å². The predicted molar refractivity (Wildman–Crippen MR) is 78.6 cm³/mol. The Bertz CT molecular complexity index is 476. The number of aryl methyl sites for hydroxylation is 1. The van der Waals surface area contributed by atoms with Crippen LogP contribution >= 0.6 is 0 Å². The van der Waals surface area contributed by atoms with Crippen LogP contribution < -0.4 is 10.6 Å². The summed E-state index contributed by atoms with van der Waals surface area (Å²) in [5, 5.41) is 14.0. The van der Waals surface area contributed by atoms with Gasteiger partial charge in [-0.25, -0.2) is 4.79 Å². The highest BCUT2D eigenvalue weighted by Gasteiger charge is 2.33. The molecular weight excluding hydrogens is 270 g/mol. The number of aromatic nitrogens is 3. The fourth-order valence-electron chi connectivity index (χ4n) is 2.12. The van der Waals surface area contributed by atoms with E-state index in [1.165, 1.54) is 0 Å². The minimum absolute atomic E-state index is 0.112. The molecule has 1 aromatic heterocycles. The minimum Gasteiger partial charge on any atom is -0.444 e. The second-order valence-corrected chi connectivity index (χ2v) is 6.57. The standard InChI is InChI=1S/C14H25N5O2/c1-14(2,3)21-13(20)17-12(10-5-6-10)9-15-7-11-8-16-18-19(11)4/h8,10,12,15H,5-7,9H2,1-4H3,(H,17,20). The molecule has 0 bridgehead atoms. The first-order chi connectivity index (χ1) is 9.85. The maximum Gasteiger partial charge on any atom is 0.407 e. The summed E-state index contributed by atoms with van der Waals surface area (Å²) >= 11 is 0. The molecule has 2 rings (SSSR count). The molecule has 1 saturated carbocycles. The van der Waals surface area contributed by atoms with Gasteiger partial charge in [0.2, 0.25) is 0 Å². The van der Waals surface area contributed by atoms with E-state index in [4.69, 9.17) is 4.74 Å². The molecule has 1 unspecified atom stereocenters. The highest BCUT2D eigenvalue weighted by atomic mass is 16.6. The average Bonchev–Trinajstić information content (AvgIpc) is 3.11. The molecule has 0 aromatic carbocycles. The van der Waals surface area contributed by atoms with Gasteiger partial charge in [-0.1, -0.05) is 5.21 Å². The van der Waals surface area contributed by atoms with Gasteiger partial charge in [-0.3, -0.25) is 4.68 Å². The Labute approximate surface area is 125 Å². The number of carbonyl (C=O) groups is 1. The smallest absolute Gasteiger partial charge is 0.407 e. The van der Waals surface area contributed by atoms with E-state index >= 15 is 0 Å². The summed E-state index contributed by atoms with van der Waals surface area (Å²) in [4.78, 5) is 11.9. The zero-order chi connectivity index (χ0) is 15.5. The lowest BCUT2D eigenvalue weighted by molar-refractivity contribution is 0.0497. The van der Waals surface area contributed by atoms with E-state index in [1.807, 2.05) is 27.8 Å². The first-order valence-corrected chi connectivity index (χ1v) is 7.39. The molecule has 21 heavy (non-hydrogen) atoms. The topological polar surface area (TPSA) is 81.1 Å². The van der Waals surface area contributed by atoms with Crippen molar-refractivity contribution in [2.45, 2.75) is 51.8 Å². The SMILES string of the molecule is Cn1nncc1CNCC(NC(=O)OC(C)(C)C)C1CC1. The molecule has 7 heteroatoms. The van der Waals surface area contributed by atoms with Crippen molar-refractivity contribution in [3.8, 4) is 0 Å². The van der Waals surface area contributed by atoms with E-state index in [1.54, 1.807) is 10.9 Å². The fraction of sp³-hybridized carbons (Fsp3) is 0.786. The molecule has 1 atom stereocenters. The molecule has 1 amide bonds. The quantitative estimate of drug-likeness (QED) is 0.824. The summed E-state index contributed by atoms with van der Waals surface area (Å²) < 4.78 is 7.05. The number of amides is 1. The number of alkyl carbamates (subject to hydrolysis) is 1. The van der Waals surface area contributed by atoms with Gasteiger partial charge in [-0.2, -0.15) is 0 Å². The molecule has 1 aliphatic rings. The third kappa shape index (κ3) is 5.34. The van der Waals surface area contributed by atoms with E-state index in [-0.39, 0.29) is 12.1 Å². The van der Waals surface area contributed by atoms with Gasteiger partial charge in [0.1, 0.15) is 5.60 Å². The van der Waals surface area contributed by atoms with Gasteiger partial charge in [0.15, 0.2) is 0 Å². The van der Waals surface area contributed by atoms with Crippen molar-refractivity contribution in [3.63, 3.8) is 0 Å². The minimum atomic E-state index is -0.466. The highest BCUT2D eigenvalue weighted by Crippen LogP contribution is 2.32. The van der Waals surface area contributed by atoms with Crippen molar-refractivity contribution < 1.29 is 9.53 Å². The van der Waals surface area contributed by atoms with Crippen molar-refractivity contribution in [2.75, 3.05) is 6.54 Å². The van der Waals surface area contributed by atoms with Crippen molar-refractivity contribution in [2.24, 2.45) is 13.0 Å². The first-order valence-electron chi connectivity index (χ1n) is 7.39. The summed E-state index contributed by atoms with van der Waals surface area (Å²) in [6.45, 7) is 7.00. The van der Waals surface area contributed by atoms with Crippen LogP contribution in [0.4, 0.5) is 4.79 Å². The highest BCUT2D eigenvalue weighted by molar-refractivity contribution is 5.68. The Kier molecular flexibility index (Phi) is 4.82. The van der Waals surface area contributed by atoms with E-state index in [0.29, 0.717) is 12.5 Å². The lowest BCUT2D eigenvalue weighted by atomic mass is 10.2. The summed E-state index contributed by atoms with van der Waals surface area (Å²) in [5.74, 6) is 0.551. The second-order valence-electron chi connectivity index (χ2n) is 6.57. The molecule has 0 saturated heterocycles. The molecule has 118 valence electrons. The van der Waals surface area contributed by atoms with Crippen molar-refractivity contribution in [1.82, 2.24) is 25.6 Å². The molecule has 1 heterocycles. The number of nitrogens with one attached hydrogen (secondary N) is 2. The molecule has 0 spiro atoms. The largest absolute Gasteiger partial charge is 0.444 e. The van der Waals surface area contributed by atoms with Crippen LogP contribution in [-0.4, -0.2) is 39.3 Å². The van der Waals surface area contributed by atoms with Crippen LogP contribution in [0.2, 0.25) is 0 Å². The average molecular weight is 295 g/mol. The second kappa shape index (κ2) is 6.43. The van der Waals surface area contributed by atoms with Crippen LogP contribution in [0.3, 0.4) is 0 Å². The van der Waals surface area contributed by atoms with E-state index in [0.717, 1.165) is 25.1 Å². The Morgan fingerprint density at radius 1 is 1.52 bits per heavy atom. The first kappa shape index (κ1) is 15.8. The van der Waals surface area contributed by atoms with E-state index in [9.17, 15) is 4.79 Å². The third-order valence-electron chi connectivity index (χ3n) is 3.37. The Morgan fingerprint density at radius 3 is 2.76 bits per heavy atom. The van der Waals surface area contributed by atoms with E-state index < -0.39 is 5.60 Å². The van der Waals surface area contributed by atoms with Gasteiger partial charge < -0.3 is 15.4 Å². The normalized spacial score (nSPS) is 16.6.